The molecule has 0 saturated heterocycles. The summed E-state index contributed by atoms with van der Waals surface area (Å²) in [5.41, 5.74) is 2.12. The predicted octanol–water partition coefficient (Wildman–Crippen LogP) is 2.32. The van der Waals surface area contributed by atoms with Crippen molar-refractivity contribution in [2.45, 2.75) is 6.54 Å². The molecule has 0 fully saturated rings. The zero-order chi connectivity index (χ0) is 13.9. The molecule has 1 aromatic heterocycles. The Labute approximate surface area is 115 Å². The van der Waals surface area contributed by atoms with Crippen LogP contribution in [0.25, 0.3) is 10.9 Å². The predicted molar refractivity (Wildman–Crippen MR) is 76.3 cm³/mol. The van der Waals surface area contributed by atoms with E-state index >= 15 is 0 Å². The zero-order valence-electron chi connectivity index (χ0n) is 10.7. The van der Waals surface area contributed by atoms with E-state index in [2.05, 4.69) is 11.1 Å². The molecule has 1 heterocycles. The van der Waals surface area contributed by atoms with Crippen LogP contribution in [0, 0.1) is 11.3 Å². The maximum Gasteiger partial charge on any atom is 0.261 e. The number of para-hydroxylation sites is 1. The quantitative estimate of drug-likeness (QED) is 0.711. The van der Waals surface area contributed by atoms with Gasteiger partial charge < -0.3 is 0 Å². The van der Waals surface area contributed by atoms with Crippen LogP contribution in [0.3, 0.4) is 0 Å². The van der Waals surface area contributed by atoms with Crippen LogP contribution in [0.15, 0.2) is 59.7 Å². The number of nitrogens with zero attached hydrogens (tertiary/aromatic N) is 3. The summed E-state index contributed by atoms with van der Waals surface area (Å²) in [6.45, 7) is 0.409. The molecule has 0 atom stereocenters. The number of nitriles is 1. The lowest BCUT2D eigenvalue weighted by atomic mass is 10.1. The third kappa shape index (κ3) is 2.17. The standard InChI is InChI=1S/C16H11N3O/c17-9-12-4-3-5-13(8-12)10-19-11-18-15-7-2-1-6-14(15)16(19)20/h1-8,11H,10H2. The topological polar surface area (TPSA) is 58.7 Å². The third-order valence-corrected chi connectivity index (χ3v) is 3.14. The summed E-state index contributed by atoms with van der Waals surface area (Å²) >= 11 is 0. The molecule has 4 nitrogen and oxygen atoms in total. The lowest BCUT2D eigenvalue weighted by molar-refractivity contribution is 0.748. The summed E-state index contributed by atoms with van der Waals surface area (Å²) in [5.74, 6) is 0. The summed E-state index contributed by atoms with van der Waals surface area (Å²) in [4.78, 5) is 16.6. The van der Waals surface area contributed by atoms with E-state index in [1.54, 1.807) is 29.1 Å². The van der Waals surface area contributed by atoms with Gasteiger partial charge >= 0.3 is 0 Å². The molecule has 0 aliphatic heterocycles. The smallest absolute Gasteiger partial charge is 0.261 e. The highest BCUT2D eigenvalue weighted by Crippen LogP contribution is 2.08. The molecule has 0 N–H and O–H groups in total. The summed E-state index contributed by atoms with van der Waals surface area (Å²) in [6.07, 6.45) is 1.55. The molecule has 20 heavy (non-hydrogen) atoms. The molecular weight excluding hydrogens is 250 g/mol. The van der Waals surface area contributed by atoms with E-state index in [4.69, 9.17) is 5.26 Å². The van der Waals surface area contributed by atoms with Gasteiger partial charge in [0.1, 0.15) is 0 Å². The van der Waals surface area contributed by atoms with Crippen molar-refractivity contribution in [3.63, 3.8) is 0 Å². The second kappa shape index (κ2) is 4.98. The zero-order valence-corrected chi connectivity index (χ0v) is 10.7. The monoisotopic (exact) mass is 261 g/mol. The Morgan fingerprint density at radius 1 is 1.15 bits per heavy atom. The molecule has 0 bridgehead atoms. The Morgan fingerprint density at radius 2 is 2.00 bits per heavy atom. The third-order valence-electron chi connectivity index (χ3n) is 3.14. The number of hydrogen-bond acceptors (Lipinski definition) is 3. The van der Waals surface area contributed by atoms with Crippen LogP contribution >= 0.6 is 0 Å². The second-order valence-corrected chi connectivity index (χ2v) is 4.51. The normalized spacial score (nSPS) is 10.3. The van der Waals surface area contributed by atoms with Crippen molar-refractivity contribution < 1.29 is 0 Å². The van der Waals surface area contributed by atoms with E-state index in [1.807, 2.05) is 30.3 Å². The van der Waals surface area contributed by atoms with Crippen molar-refractivity contribution in [2.24, 2.45) is 0 Å². The van der Waals surface area contributed by atoms with Gasteiger partial charge in [0, 0.05) is 0 Å². The fourth-order valence-electron chi connectivity index (χ4n) is 2.15. The van der Waals surface area contributed by atoms with Gasteiger partial charge in [0.25, 0.3) is 5.56 Å². The Balaban J connectivity index is 2.05. The largest absolute Gasteiger partial charge is 0.294 e. The first-order chi connectivity index (χ1) is 9.78. The van der Waals surface area contributed by atoms with E-state index in [9.17, 15) is 4.79 Å². The summed E-state index contributed by atoms with van der Waals surface area (Å²) in [6, 6.07) is 16.6. The second-order valence-electron chi connectivity index (χ2n) is 4.51. The lowest BCUT2D eigenvalue weighted by Gasteiger charge is -2.06. The first-order valence-electron chi connectivity index (χ1n) is 6.21. The van der Waals surface area contributed by atoms with Gasteiger partial charge in [0.05, 0.1) is 35.4 Å². The average Bonchev–Trinajstić information content (AvgIpc) is 2.50. The van der Waals surface area contributed by atoms with Crippen LogP contribution < -0.4 is 5.56 Å². The van der Waals surface area contributed by atoms with Crippen molar-refractivity contribution in [3.8, 4) is 6.07 Å². The van der Waals surface area contributed by atoms with Crippen molar-refractivity contribution in [2.75, 3.05) is 0 Å². The Hall–Kier alpha value is -2.93. The van der Waals surface area contributed by atoms with Crippen molar-refractivity contribution in [1.82, 2.24) is 9.55 Å². The molecule has 2 aromatic carbocycles. The molecule has 3 aromatic rings. The SMILES string of the molecule is N#Cc1cccc(Cn2cnc3ccccc3c2=O)c1. The molecule has 0 amide bonds. The van der Waals surface area contributed by atoms with Crippen LogP contribution in [0.2, 0.25) is 0 Å². The first kappa shape index (κ1) is 12.1. The molecule has 96 valence electrons. The highest BCUT2D eigenvalue weighted by molar-refractivity contribution is 5.76. The number of fused-ring (bicyclic) bond motifs is 1. The van der Waals surface area contributed by atoms with Gasteiger partial charge in [-0.2, -0.15) is 5.26 Å². The van der Waals surface area contributed by atoms with Crippen LogP contribution in [-0.4, -0.2) is 9.55 Å². The molecule has 0 unspecified atom stereocenters. The van der Waals surface area contributed by atoms with Crippen LogP contribution in [0.5, 0.6) is 0 Å². The minimum absolute atomic E-state index is 0.0713. The fourth-order valence-corrected chi connectivity index (χ4v) is 2.15. The van der Waals surface area contributed by atoms with Crippen LogP contribution in [0.1, 0.15) is 11.1 Å². The lowest BCUT2D eigenvalue weighted by Crippen LogP contribution is -2.21. The Kier molecular flexibility index (Phi) is 3.02. The van der Waals surface area contributed by atoms with Crippen molar-refractivity contribution in [1.29, 1.82) is 5.26 Å². The molecule has 0 aliphatic rings. The minimum Gasteiger partial charge on any atom is -0.294 e. The van der Waals surface area contributed by atoms with Crippen molar-refractivity contribution in [3.05, 3.63) is 76.3 Å². The Bertz CT molecular complexity index is 875. The highest BCUT2D eigenvalue weighted by Gasteiger charge is 2.04. The van der Waals surface area contributed by atoms with Gasteiger partial charge in [0.15, 0.2) is 0 Å². The maximum atomic E-state index is 12.3. The highest BCUT2D eigenvalue weighted by atomic mass is 16.1. The summed E-state index contributed by atoms with van der Waals surface area (Å²) < 4.78 is 1.55. The maximum absolute atomic E-state index is 12.3. The fraction of sp³-hybridized carbons (Fsp3) is 0.0625. The summed E-state index contributed by atoms with van der Waals surface area (Å²) in [7, 11) is 0. The molecule has 3 rings (SSSR count). The molecule has 0 radical (unpaired) electrons. The Morgan fingerprint density at radius 3 is 2.85 bits per heavy atom. The molecule has 0 aliphatic carbocycles. The number of benzene rings is 2. The van der Waals surface area contributed by atoms with E-state index in [0.29, 0.717) is 23.0 Å². The molecular formula is C16H11N3O. The van der Waals surface area contributed by atoms with Crippen molar-refractivity contribution >= 4 is 10.9 Å². The van der Waals surface area contributed by atoms with E-state index < -0.39 is 0 Å². The van der Waals surface area contributed by atoms with Gasteiger partial charge in [-0.15, -0.1) is 0 Å². The first-order valence-corrected chi connectivity index (χ1v) is 6.21. The summed E-state index contributed by atoms with van der Waals surface area (Å²) in [5, 5.41) is 9.50. The molecule has 4 heteroatoms. The van der Waals surface area contributed by atoms with E-state index in [1.165, 1.54) is 0 Å². The number of hydrogen-bond donors (Lipinski definition) is 0. The number of aromatic nitrogens is 2. The van der Waals surface area contributed by atoms with Gasteiger partial charge in [0.2, 0.25) is 0 Å². The minimum atomic E-state index is -0.0713. The van der Waals surface area contributed by atoms with E-state index in [0.717, 1.165) is 5.56 Å². The van der Waals surface area contributed by atoms with Gasteiger partial charge in [-0.05, 0) is 29.8 Å². The van der Waals surface area contributed by atoms with Gasteiger partial charge in [-0.3, -0.25) is 9.36 Å². The molecule has 0 saturated carbocycles. The van der Waals surface area contributed by atoms with E-state index in [-0.39, 0.29) is 5.56 Å². The average molecular weight is 261 g/mol. The molecule has 0 spiro atoms. The van der Waals surface area contributed by atoms with Crippen LogP contribution in [0.4, 0.5) is 0 Å². The number of rotatable bonds is 2. The van der Waals surface area contributed by atoms with Gasteiger partial charge in [-0.25, -0.2) is 4.98 Å². The van der Waals surface area contributed by atoms with Crippen LogP contribution in [-0.2, 0) is 6.54 Å². The van der Waals surface area contributed by atoms with Gasteiger partial charge in [-0.1, -0.05) is 24.3 Å².